The van der Waals surface area contributed by atoms with Crippen LogP contribution in [-0.2, 0) is 9.59 Å². The van der Waals surface area contributed by atoms with Crippen molar-refractivity contribution >= 4 is 24.2 Å². The van der Waals surface area contributed by atoms with Crippen molar-refractivity contribution in [2.75, 3.05) is 13.1 Å². The highest BCUT2D eigenvalue weighted by atomic mass is 35.5. The number of halogens is 1. The van der Waals surface area contributed by atoms with Crippen LogP contribution in [0.25, 0.3) is 0 Å². The average molecular weight is 250 g/mol. The van der Waals surface area contributed by atoms with Gasteiger partial charge in [0.2, 0.25) is 11.8 Å². The van der Waals surface area contributed by atoms with Crippen LogP contribution in [0.15, 0.2) is 0 Å². The molecule has 1 saturated carbocycles. The first-order valence-corrected chi connectivity index (χ1v) is 5.33. The van der Waals surface area contributed by atoms with Gasteiger partial charge in [-0.25, -0.2) is 0 Å². The quantitative estimate of drug-likeness (QED) is 0.652. The third-order valence-electron chi connectivity index (χ3n) is 2.85. The number of carbonyl (C=O) groups excluding carboxylic acids is 2. The van der Waals surface area contributed by atoms with Gasteiger partial charge in [0, 0.05) is 13.5 Å². The maximum absolute atomic E-state index is 11.5. The van der Waals surface area contributed by atoms with E-state index in [9.17, 15) is 9.59 Å². The van der Waals surface area contributed by atoms with E-state index in [1.807, 2.05) is 0 Å². The van der Waals surface area contributed by atoms with Crippen LogP contribution in [0.1, 0.15) is 32.6 Å². The Labute approximate surface area is 102 Å². The van der Waals surface area contributed by atoms with Crippen molar-refractivity contribution in [3.05, 3.63) is 0 Å². The van der Waals surface area contributed by atoms with Gasteiger partial charge < -0.3 is 16.4 Å². The molecular formula is C10H20ClN3O2. The van der Waals surface area contributed by atoms with Crippen LogP contribution in [-0.4, -0.2) is 30.4 Å². The van der Waals surface area contributed by atoms with Gasteiger partial charge in [0.15, 0.2) is 0 Å². The molecule has 0 heterocycles. The summed E-state index contributed by atoms with van der Waals surface area (Å²) in [5.41, 5.74) is 5.44. The smallest absolute Gasteiger partial charge is 0.239 e. The predicted molar refractivity (Wildman–Crippen MR) is 64.3 cm³/mol. The Kier molecular flexibility index (Phi) is 6.36. The highest BCUT2D eigenvalue weighted by molar-refractivity contribution is 5.85. The van der Waals surface area contributed by atoms with E-state index in [1.165, 1.54) is 6.92 Å². The molecule has 0 aliphatic heterocycles. The first kappa shape index (κ1) is 15.2. The maximum atomic E-state index is 11.5. The first-order chi connectivity index (χ1) is 7.08. The van der Waals surface area contributed by atoms with Crippen LogP contribution in [0.3, 0.4) is 0 Å². The van der Waals surface area contributed by atoms with Crippen LogP contribution in [0.2, 0.25) is 0 Å². The Morgan fingerprint density at radius 1 is 1.31 bits per heavy atom. The number of hydrogen-bond donors (Lipinski definition) is 3. The van der Waals surface area contributed by atoms with Crippen molar-refractivity contribution in [3.8, 4) is 0 Å². The molecule has 0 radical (unpaired) electrons. The molecule has 94 valence electrons. The van der Waals surface area contributed by atoms with Gasteiger partial charge in [0.1, 0.15) is 0 Å². The molecule has 2 amide bonds. The van der Waals surface area contributed by atoms with Gasteiger partial charge in [-0.1, -0.05) is 12.8 Å². The van der Waals surface area contributed by atoms with E-state index in [0.717, 1.165) is 25.7 Å². The number of rotatable bonds is 4. The molecule has 0 aromatic heterocycles. The minimum Gasteiger partial charge on any atom is -0.348 e. The summed E-state index contributed by atoms with van der Waals surface area (Å²) in [4.78, 5) is 22.1. The fraction of sp³-hybridized carbons (Fsp3) is 0.800. The summed E-state index contributed by atoms with van der Waals surface area (Å²) >= 11 is 0. The number of hydrogen-bond acceptors (Lipinski definition) is 3. The SMILES string of the molecule is CC(=O)NCC(=O)NC1(CN)CCCC1.Cl. The van der Waals surface area contributed by atoms with Crippen LogP contribution in [0.5, 0.6) is 0 Å². The lowest BCUT2D eigenvalue weighted by Crippen LogP contribution is -2.53. The van der Waals surface area contributed by atoms with Gasteiger partial charge in [-0.05, 0) is 12.8 Å². The van der Waals surface area contributed by atoms with Crippen LogP contribution in [0, 0.1) is 0 Å². The van der Waals surface area contributed by atoms with Gasteiger partial charge in [-0.2, -0.15) is 0 Å². The molecule has 0 spiro atoms. The molecule has 0 saturated heterocycles. The summed E-state index contributed by atoms with van der Waals surface area (Å²) in [6.07, 6.45) is 4.10. The highest BCUT2D eigenvalue weighted by Gasteiger charge is 2.33. The molecule has 1 rings (SSSR count). The third-order valence-corrected chi connectivity index (χ3v) is 2.85. The molecule has 4 N–H and O–H groups in total. The van der Waals surface area contributed by atoms with Crippen LogP contribution >= 0.6 is 12.4 Å². The fourth-order valence-electron chi connectivity index (χ4n) is 1.98. The van der Waals surface area contributed by atoms with E-state index in [-0.39, 0.29) is 36.3 Å². The van der Waals surface area contributed by atoms with Crippen LogP contribution < -0.4 is 16.4 Å². The number of nitrogens with two attached hydrogens (primary N) is 1. The second-order valence-electron chi connectivity index (χ2n) is 4.15. The maximum Gasteiger partial charge on any atom is 0.239 e. The van der Waals surface area contributed by atoms with E-state index in [2.05, 4.69) is 10.6 Å². The van der Waals surface area contributed by atoms with Gasteiger partial charge in [-0.15, -0.1) is 12.4 Å². The molecule has 0 atom stereocenters. The van der Waals surface area contributed by atoms with Crippen molar-refractivity contribution in [3.63, 3.8) is 0 Å². The van der Waals surface area contributed by atoms with E-state index < -0.39 is 0 Å². The molecule has 0 unspecified atom stereocenters. The molecule has 5 nitrogen and oxygen atoms in total. The van der Waals surface area contributed by atoms with Crippen molar-refractivity contribution in [1.29, 1.82) is 0 Å². The Hall–Kier alpha value is -0.810. The standard InChI is InChI=1S/C10H19N3O2.ClH/c1-8(14)12-6-9(15)13-10(7-11)4-2-3-5-10;/h2-7,11H2,1H3,(H,12,14)(H,13,15);1H. The van der Waals surface area contributed by atoms with E-state index >= 15 is 0 Å². The van der Waals surface area contributed by atoms with E-state index in [0.29, 0.717) is 6.54 Å². The van der Waals surface area contributed by atoms with E-state index in [4.69, 9.17) is 5.73 Å². The molecule has 1 fully saturated rings. The van der Waals surface area contributed by atoms with Gasteiger partial charge in [0.05, 0.1) is 12.1 Å². The lowest BCUT2D eigenvalue weighted by molar-refractivity contribution is -0.126. The second kappa shape index (κ2) is 6.70. The predicted octanol–water partition coefficient (Wildman–Crippen LogP) is -0.0680. The molecule has 0 bridgehead atoms. The molecule has 0 aromatic rings. The van der Waals surface area contributed by atoms with Gasteiger partial charge in [-0.3, -0.25) is 9.59 Å². The molecule has 16 heavy (non-hydrogen) atoms. The number of amides is 2. The number of nitrogens with one attached hydrogen (secondary N) is 2. The van der Waals surface area contributed by atoms with Crippen molar-refractivity contribution in [2.24, 2.45) is 5.73 Å². The summed E-state index contributed by atoms with van der Waals surface area (Å²) < 4.78 is 0. The molecular weight excluding hydrogens is 230 g/mol. The average Bonchev–Trinajstić information content (AvgIpc) is 2.64. The Balaban J connectivity index is 0.00000225. The molecule has 1 aliphatic carbocycles. The summed E-state index contributed by atoms with van der Waals surface area (Å²) in [6, 6.07) is 0. The Morgan fingerprint density at radius 3 is 2.31 bits per heavy atom. The monoisotopic (exact) mass is 249 g/mol. The largest absolute Gasteiger partial charge is 0.348 e. The first-order valence-electron chi connectivity index (χ1n) is 5.33. The second-order valence-corrected chi connectivity index (χ2v) is 4.15. The normalized spacial score (nSPS) is 17.4. The minimum absolute atomic E-state index is 0. The van der Waals surface area contributed by atoms with E-state index in [1.54, 1.807) is 0 Å². The molecule has 0 aromatic carbocycles. The van der Waals surface area contributed by atoms with Crippen LogP contribution in [0.4, 0.5) is 0 Å². The van der Waals surface area contributed by atoms with Gasteiger partial charge >= 0.3 is 0 Å². The summed E-state index contributed by atoms with van der Waals surface area (Å²) in [7, 11) is 0. The zero-order valence-corrected chi connectivity index (χ0v) is 10.4. The highest BCUT2D eigenvalue weighted by Crippen LogP contribution is 2.28. The third kappa shape index (κ3) is 4.37. The number of carbonyl (C=O) groups is 2. The topological polar surface area (TPSA) is 84.2 Å². The minimum atomic E-state index is -0.227. The zero-order chi connectivity index (χ0) is 11.3. The van der Waals surface area contributed by atoms with Gasteiger partial charge in [0.25, 0.3) is 0 Å². The summed E-state index contributed by atoms with van der Waals surface area (Å²) in [5, 5.41) is 5.39. The fourth-order valence-corrected chi connectivity index (χ4v) is 1.98. The molecule has 6 heteroatoms. The summed E-state index contributed by atoms with van der Waals surface area (Å²) in [5.74, 6) is -0.351. The Bertz CT molecular complexity index is 252. The summed E-state index contributed by atoms with van der Waals surface area (Å²) in [6.45, 7) is 1.90. The Morgan fingerprint density at radius 2 is 1.88 bits per heavy atom. The lowest BCUT2D eigenvalue weighted by atomic mass is 9.98. The lowest BCUT2D eigenvalue weighted by Gasteiger charge is -2.28. The van der Waals surface area contributed by atoms with Crippen molar-refractivity contribution in [2.45, 2.75) is 38.1 Å². The van der Waals surface area contributed by atoms with Crippen molar-refractivity contribution in [1.82, 2.24) is 10.6 Å². The zero-order valence-electron chi connectivity index (χ0n) is 9.54. The molecule has 1 aliphatic rings. The van der Waals surface area contributed by atoms with Crippen molar-refractivity contribution < 1.29 is 9.59 Å².